The van der Waals surface area contributed by atoms with E-state index < -0.39 is 6.04 Å². The molecule has 1 aliphatic rings. The number of para-hydroxylation sites is 1. The van der Waals surface area contributed by atoms with Crippen molar-refractivity contribution < 1.29 is 14.3 Å². The van der Waals surface area contributed by atoms with Crippen LogP contribution in [0.2, 0.25) is 10.0 Å². The molecule has 2 aromatic rings. The molecule has 1 saturated heterocycles. The lowest BCUT2D eigenvalue weighted by atomic mass is 10.0. The van der Waals surface area contributed by atoms with E-state index in [9.17, 15) is 9.59 Å². The summed E-state index contributed by atoms with van der Waals surface area (Å²) in [6.45, 7) is 0.221. The van der Waals surface area contributed by atoms with Crippen LogP contribution in [0.5, 0.6) is 5.75 Å². The van der Waals surface area contributed by atoms with Gasteiger partial charge < -0.3 is 15.0 Å². The van der Waals surface area contributed by atoms with E-state index in [0.717, 1.165) is 12.8 Å². The number of hydrogen-bond donors (Lipinski definition) is 1. The van der Waals surface area contributed by atoms with Crippen molar-refractivity contribution in [2.75, 3.05) is 18.5 Å². The summed E-state index contributed by atoms with van der Waals surface area (Å²) in [7, 11) is 0. The van der Waals surface area contributed by atoms with Gasteiger partial charge in [0.15, 0.2) is 6.61 Å². The van der Waals surface area contributed by atoms with Crippen LogP contribution in [0.3, 0.4) is 0 Å². The first-order valence-electron chi connectivity index (χ1n) is 9.17. The predicted octanol–water partition coefficient (Wildman–Crippen LogP) is 4.26. The van der Waals surface area contributed by atoms with Crippen LogP contribution < -0.4 is 10.1 Å². The summed E-state index contributed by atoms with van der Waals surface area (Å²) in [6.07, 6.45) is 2.21. The molecule has 1 atom stereocenters. The second-order valence-corrected chi connectivity index (χ2v) is 7.45. The van der Waals surface area contributed by atoms with Crippen LogP contribution in [-0.4, -0.2) is 35.9 Å². The Kier molecular flexibility index (Phi) is 6.97. The zero-order valence-electron chi connectivity index (χ0n) is 15.5. The lowest BCUT2D eigenvalue weighted by Crippen LogP contribution is -2.51. The van der Waals surface area contributed by atoms with Crippen LogP contribution in [0, 0.1) is 11.3 Å². The molecule has 0 spiro atoms. The van der Waals surface area contributed by atoms with Crippen molar-refractivity contribution in [1.82, 2.24) is 4.90 Å². The minimum absolute atomic E-state index is 0.246. The highest BCUT2D eigenvalue weighted by Gasteiger charge is 2.32. The number of carbonyl (C=O) groups excluding carboxylic acids is 2. The Bertz CT molecular complexity index is 958. The molecular weight excluding hydrogens is 413 g/mol. The first kappa shape index (κ1) is 21.0. The van der Waals surface area contributed by atoms with Gasteiger partial charge in [-0.1, -0.05) is 35.3 Å². The van der Waals surface area contributed by atoms with Gasteiger partial charge in [-0.2, -0.15) is 5.26 Å². The fraction of sp³-hybridized carbons (Fsp3) is 0.286. The lowest BCUT2D eigenvalue weighted by Gasteiger charge is -2.34. The summed E-state index contributed by atoms with van der Waals surface area (Å²) in [5.41, 5.74) is 0.795. The number of amides is 2. The Morgan fingerprint density at radius 1 is 1.21 bits per heavy atom. The topological polar surface area (TPSA) is 82.4 Å². The smallest absolute Gasteiger partial charge is 0.261 e. The fourth-order valence-electron chi connectivity index (χ4n) is 3.22. The van der Waals surface area contributed by atoms with Crippen molar-refractivity contribution >= 4 is 40.7 Å². The number of benzene rings is 2. The lowest BCUT2D eigenvalue weighted by molar-refractivity contribution is -0.142. The van der Waals surface area contributed by atoms with Gasteiger partial charge in [0, 0.05) is 11.6 Å². The average Bonchev–Trinajstić information content (AvgIpc) is 2.74. The highest BCUT2D eigenvalue weighted by atomic mass is 35.5. The van der Waals surface area contributed by atoms with Gasteiger partial charge in [0.2, 0.25) is 5.91 Å². The minimum Gasteiger partial charge on any atom is -0.482 e. The summed E-state index contributed by atoms with van der Waals surface area (Å²) < 4.78 is 5.54. The van der Waals surface area contributed by atoms with Crippen molar-refractivity contribution in [1.29, 1.82) is 5.26 Å². The monoisotopic (exact) mass is 431 g/mol. The van der Waals surface area contributed by atoms with E-state index in [1.54, 1.807) is 42.5 Å². The number of ether oxygens (including phenoxy) is 1. The summed E-state index contributed by atoms with van der Waals surface area (Å²) in [6, 6.07) is 12.9. The molecule has 2 aromatic carbocycles. The van der Waals surface area contributed by atoms with Crippen LogP contribution >= 0.6 is 23.2 Å². The molecule has 1 N–H and O–H groups in total. The van der Waals surface area contributed by atoms with E-state index in [0.29, 0.717) is 40.0 Å². The molecule has 8 heteroatoms. The van der Waals surface area contributed by atoms with Crippen LogP contribution in [-0.2, 0) is 9.59 Å². The number of likely N-dealkylation sites (tertiary alicyclic amines) is 1. The van der Waals surface area contributed by atoms with E-state index in [2.05, 4.69) is 5.32 Å². The molecule has 0 aromatic heterocycles. The number of halogens is 2. The van der Waals surface area contributed by atoms with Gasteiger partial charge in [0.25, 0.3) is 5.91 Å². The third-order valence-electron chi connectivity index (χ3n) is 4.67. The minimum atomic E-state index is -0.613. The van der Waals surface area contributed by atoms with E-state index in [4.69, 9.17) is 33.2 Å². The Morgan fingerprint density at radius 2 is 2.00 bits per heavy atom. The Labute approximate surface area is 179 Å². The molecular formula is C21H19Cl2N3O3. The molecule has 29 heavy (non-hydrogen) atoms. The normalized spacial score (nSPS) is 16.0. The van der Waals surface area contributed by atoms with Crippen molar-refractivity contribution in [2.45, 2.75) is 25.3 Å². The second kappa shape index (κ2) is 9.64. The highest BCUT2D eigenvalue weighted by Crippen LogP contribution is 2.27. The van der Waals surface area contributed by atoms with Crippen LogP contribution in [0.15, 0.2) is 42.5 Å². The zero-order chi connectivity index (χ0) is 20.8. The van der Waals surface area contributed by atoms with E-state index in [-0.39, 0.29) is 18.4 Å². The Morgan fingerprint density at radius 3 is 2.76 bits per heavy atom. The van der Waals surface area contributed by atoms with Gasteiger partial charge >= 0.3 is 0 Å². The third kappa shape index (κ3) is 5.20. The summed E-state index contributed by atoms with van der Waals surface area (Å²) in [5.74, 6) is -0.270. The maximum atomic E-state index is 12.8. The van der Waals surface area contributed by atoms with Gasteiger partial charge in [-0.15, -0.1) is 0 Å². The molecule has 1 fully saturated rings. The van der Waals surface area contributed by atoms with Gasteiger partial charge in [-0.25, -0.2) is 0 Å². The van der Waals surface area contributed by atoms with E-state index in [1.807, 2.05) is 6.07 Å². The maximum Gasteiger partial charge on any atom is 0.261 e. The molecule has 6 nitrogen and oxygen atoms in total. The molecule has 2 amide bonds. The molecule has 0 radical (unpaired) electrons. The number of rotatable bonds is 5. The zero-order valence-corrected chi connectivity index (χ0v) is 17.0. The van der Waals surface area contributed by atoms with E-state index in [1.165, 1.54) is 4.90 Å². The van der Waals surface area contributed by atoms with Crippen molar-refractivity contribution in [3.05, 3.63) is 58.1 Å². The van der Waals surface area contributed by atoms with Gasteiger partial charge in [0.05, 0.1) is 16.3 Å². The predicted molar refractivity (Wildman–Crippen MR) is 111 cm³/mol. The number of nitrogens with one attached hydrogen (secondary N) is 1. The number of piperidine rings is 1. The number of nitrogens with zero attached hydrogens (tertiary/aromatic N) is 2. The molecule has 0 aliphatic carbocycles. The second-order valence-electron chi connectivity index (χ2n) is 6.61. The molecule has 1 unspecified atom stereocenters. The molecule has 0 saturated carbocycles. The third-order valence-corrected chi connectivity index (χ3v) is 5.22. The largest absolute Gasteiger partial charge is 0.482 e. The Hall–Kier alpha value is -2.75. The van der Waals surface area contributed by atoms with Crippen molar-refractivity contribution in [3.63, 3.8) is 0 Å². The van der Waals surface area contributed by atoms with Crippen LogP contribution in [0.25, 0.3) is 0 Å². The average molecular weight is 432 g/mol. The molecule has 1 aliphatic heterocycles. The molecule has 1 heterocycles. The van der Waals surface area contributed by atoms with E-state index >= 15 is 0 Å². The first-order valence-corrected chi connectivity index (χ1v) is 9.92. The number of nitriles is 1. The van der Waals surface area contributed by atoms with Crippen LogP contribution in [0.4, 0.5) is 5.69 Å². The first-order chi connectivity index (χ1) is 14.0. The quantitative estimate of drug-likeness (QED) is 0.766. The van der Waals surface area contributed by atoms with Gasteiger partial charge in [0.1, 0.15) is 17.9 Å². The number of carbonyl (C=O) groups is 2. The standard InChI is InChI=1S/C21H19Cl2N3O3/c22-15-8-9-17(16(23)11-15)25-21(28)18-6-3-4-10-26(18)20(27)13-29-19-7-2-1-5-14(19)12-24/h1-2,5,7-9,11,18H,3-4,6,10,13H2,(H,25,28). The summed E-state index contributed by atoms with van der Waals surface area (Å²) in [5, 5.41) is 12.7. The highest BCUT2D eigenvalue weighted by molar-refractivity contribution is 6.36. The SMILES string of the molecule is N#Cc1ccccc1OCC(=O)N1CCCCC1C(=O)Nc1ccc(Cl)cc1Cl. The number of anilines is 1. The number of hydrogen-bond acceptors (Lipinski definition) is 4. The Balaban J connectivity index is 1.67. The fourth-order valence-corrected chi connectivity index (χ4v) is 3.67. The maximum absolute atomic E-state index is 12.8. The van der Waals surface area contributed by atoms with Crippen molar-refractivity contribution in [3.8, 4) is 11.8 Å². The molecule has 0 bridgehead atoms. The summed E-state index contributed by atoms with van der Waals surface area (Å²) >= 11 is 12.0. The van der Waals surface area contributed by atoms with Gasteiger partial charge in [-0.3, -0.25) is 9.59 Å². The van der Waals surface area contributed by atoms with Crippen LogP contribution in [0.1, 0.15) is 24.8 Å². The van der Waals surface area contributed by atoms with Crippen molar-refractivity contribution in [2.24, 2.45) is 0 Å². The van der Waals surface area contributed by atoms with Gasteiger partial charge in [-0.05, 0) is 49.6 Å². The summed E-state index contributed by atoms with van der Waals surface area (Å²) in [4.78, 5) is 27.1. The molecule has 150 valence electrons. The molecule has 3 rings (SSSR count).